The van der Waals surface area contributed by atoms with Gasteiger partial charge in [-0.2, -0.15) is 11.3 Å². The van der Waals surface area contributed by atoms with Gasteiger partial charge in [0.25, 0.3) is 0 Å². The highest BCUT2D eigenvalue weighted by atomic mass is 79.9. The first-order chi connectivity index (χ1) is 8.76. The van der Waals surface area contributed by atoms with Crippen molar-refractivity contribution in [1.29, 1.82) is 0 Å². The number of nitrogens with zero attached hydrogens (tertiary/aromatic N) is 1. The van der Waals surface area contributed by atoms with Gasteiger partial charge in [-0.15, -0.1) is 0 Å². The molecule has 3 rings (SSSR count). The summed E-state index contributed by atoms with van der Waals surface area (Å²) in [6.07, 6.45) is 5.46. The van der Waals surface area contributed by atoms with Crippen LogP contribution in [0.4, 0.5) is 0 Å². The van der Waals surface area contributed by atoms with Crippen LogP contribution in [0.1, 0.15) is 38.2 Å². The standard InChI is InChI=1S/C14H21BrN2S/c1-2-17(7-10-8-18-9-14(10)15)13-5-11-3-4-12(6-13)16-11/h8-9,11-13,16H,2-7H2,1H3. The minimum atomic E-state index is 0.778. The molecule has 2 bridgehead atoms. The summed E-state index contributed by atoms with van der Waals surface area (Å²) in [5.74, 6) is 0. The van der Waals surface area contributed by atoms with E-state index in [4.69, 9.17) is 0 Å². The van der Waals surface area contributed by atoms with Crippen molar-refractivity contribution in [2.45, 2.75) is 57.3 Å². The fraction of sp³-hybridized carbons (Fsp3) is 0.714. The van der Waals surface area contributed by atoms with Gasteiger partial charge in [-0.3, -0.25) is 4.90 Å². The third kappa shape index (κ3) is 2.67. The van der Waals surface area contributed by atoms with E-state index in [1.54, 1.807) is 11.3 Å². The third-order valence-corrected chi connectivity index (χ3v) is 6.27. The Balaban J connectivity index is 1.67. The highest BCUT2D eigenvalue weighted by Crippen LogP contribution is 2.31. The van der Waals surface area contributed by atoms with Crippen molar-refractivity contribution in [3.63, 3.8) is 0 Å². The fourth-order valence-electron chi connectivity index (χ4n) is 3.46. The topological polar surface area (TPSA) is 15.3 Å². The summed E-state index contributed by atoms with van der Waals surface area (Å²) in [7, 11) is 0. The summed E-state index contributed by atoms with van der Waals surface area (Å²) in [6.45, 7) is 4.56. The first-order valence-electron chi connectivity index (χ1n) is 6.97. The molecule has 100 valence electrons. The van der Waals surface area contributed by atoms with E-state index in [9.17, 15) is 0 Å². The van der Waals surface area contributed by atoms with Gasteiger partial charge in [-0.05, 0) is 59.1 Å². The predicted molar refractivity (Wildman–Crippen MR) is 81.1 cm³/mol. The minimum absolute atomic E-state index is 0.778. The fourth-order valence-corrected chi connectivity index (χ4v) is 4.88. The molecule has 1 aromatic heterocycles. The van der Waals surface area contributed by atoms with Gasteiger partial charge < -0.3 is 5.32 Å². The van der Waals surface area contributed by atoms with Crippen molar-refractivity contribution >= 4 is 27.3 Å². The first kappa shape index (κ1) is 13.1. The molecule has 1 aromatic rings. The van der Waals surface area contributed by atoms with Gasteiger partial charge in [-0.25, -0.2) is 0 Å². The molecule has 2 aliphatic rings. The van der Waals surface area contributed by atoms with Crippen LogP contribution in [-0.4, -0.2) is 29.6 Å². The highest BCUT2D eigenvalue weighted by molar-refractivity contribution is 9.10. The molecule has 2 atom stereocenters. The monoisotopic (exact) mass is 328 g/mol. The lowest BCUT2D eigenvalue weighted by Crippen LogP contribution is -2.47. The van der Waals surface area contributed by atoms with E-state index >= 15 is 0 Å². The molecule has 0 saturated carbocycles. The van der Waals surface area contributed by atoms with Gasteiger partial charge in [-0.1, -0.05) is 6.92 Å². The van der Waals surface area contributed by atoms with Crippen LogP contribution in [-0.2, 0) is 6.54 Å². The van der Waals surface area contributed by atoms with Crippen molar-refractivity contribution in [2.75, 3.05) is 6.54 Å². The number of nitrogens with one attached hydrogen (secondary N) is 1. The Bertz CT molecular complexity index is 394. The number of rotatable bonds is 4. The molecule has 3 heterocycles. The zero-order chi connectivity index (χ0) is 12.5. The second-order valence-corrected chi connectivity index (χ2v) is 7.17. The Morgan fingerprint density at radius 2 is 2.06 bits per heavy atom. The van der Waals surface area contributed by atoms with E-state index in [0.29, 0.717) is 0 Å². The van der Waals surface area contributed by atoms with Gasteiger partial charge in [0, 0.05) is 34.5 Å². The molecule has 18 heavy (non-hydrogen) atoms. The zero-order valence-corrected chi connectivity index (χ0v) is 13.3. The lowest BCUT2D eigenvalue weighted by molar-refractivity contribution is 0.140. The van der Waals surface area contributed by atoms with E-state index in [1.165, 1.54) is 35.7 Å². The molecular weight excluding hydrogens is 308 g/mol. The summed E-state index contributed by atoms with van der Waals surface area (Å²) in [5.41, 5.74) is 1.45. The summed E-state index contributed by atoms with van der Waals surface area (Å²) >= 11 is 5.45. The highest BCUT2D eigenvalue weighted by Gasteiger charge is 2.35. The second-order valence-electron chi connectivity index (χ2n) is 5.57. The van der Waals surface area contributed by atoms with Gasteiger partial charge in [0.1, 0.15) is 0 Å². The van der Waals surface area contributed by atoms with E-state index in [0.717, 1.165) is 31.2 Å². The Labute approximate surface area is 122 Å². The molecule has 0 amide bonds. The Morgan fingerprint density at radius 3 is 2.61 bits per heavy atom. The van der Waals surface area contributed by atoms with Crippen molar-refractivity contribution < 1.29 is 0 Å². The van der Waals surface area contributed by atoms with Crippen LogP contribution in [0.25, 0.3) is 0 Å². The zero-order valence-electron chi connectivity index (χ0n) is 10.9. The molecule has 2 aliphatic heterocycles. The van der Waals surface area contributed by atoms with Gasteiger partial charge >= 0.3 is 0 Å². The van der Waals surface area contributed by atoms with E-state index in [-0.39, 0.29) is 0 Å². The first-order valence-corrected chi connectivity index (χ1v) is 8.70. The van der Waals surface area contributed by atoms with Crippen LogP contribution < -0.4 is 5.32 Å². The molecule has 2 nitrogen and oxygen atoms in total. The van der Waals surface area contributed by atoms with E-state index in [2.05, 4.69) is 43.8 Å². The molecule has 0 radical (unpaired) electrons. The third-order valence-electron chi connectivity index (χ3n) is 4.43. The summed E-state index contributed by atoms with van der Waals surface area (Å²) in [4.78, 5) is 2.67. The molecule has 2 unspecified atom stereocenters. The number of hydrogen-bond acceptors (Lipinski definition) is 3. The number of piperidine rings is 1. The largest absolute Gasteiger partial charge is 0.311 e. The molecule has 0 aliphatic carbocycles. The lowest BCUT2D eigenvalue weighted by Gasteiger charge is -2.37. The Morgan fingerprint density at radius 1 is 1.33 bits per heavy atom. The number of halogens is 1. The molecule has 0 spiro atoms. The van der Waals surface area contributed by atoms with Crippen molar-refractivity contribution in [3.8, 4) is 0 Å². The number of hydrogen-bond donors (Lipinski definition) is 1. The van der Waals surface area contributed by atoms with Crippen LogP contribution in [0, 0.1) is 0 Å². The smallest absolute Gasteiger partial charge is 0.0327 e. The van der Waals surface area contributed by atoms with Crippen LogP contribution in [0.5, 0.6) is 0 Å². The predicted octanol–water partition coefficient (Wildman–Crippen LogP) is 3.62. The Hall–Kier alpha value is 0.1000. The molecule has 2 fully saturated rings. The second kappa shape index (κ2) is 5.61. The molecule has 1 N–H and O–H groups in total. The van der Waals surface area contributed by atoms with Crippen molar-refractivity contribution in [1.82, 2.24) is 10.2 Å². The summed E-state index contributed by atoms with van der Waals surface area (Å²) < 4.78 is 1.28. The summed E-state index contributed by atoms with van der Waals surface area (Å²) in [6, 6.07) is 2.35. The van der Waals surface area contributed by atoms with Crippen LogP contribution in [0.3, 0.4) is 0 Å². The molecular formula is C14H21BrN2S. The summed E-state index contributed by atoms with van der Waals surface area (Å²) in [5, 5.41) is 8.21. The van der Waals surface area contributed by atoms with Crippen LogP contribution in [0.15, 0.2) is 15.2 Å². The maximum Gasteiger partial charge on any atom is 0.0327 e. The quantitative estimate of drug-likeness (QED) is 0.908. The van der Waals surface area contributed by atoms with Crippen LogP contribution in [0.2, 0.25) is 0 Å². The Kier molecular flexibility index (Phi) is 4.09. The number of thiophene rings is 1. The van der Waals surface area contributed by atoms with Gasteiger partial charge in [0.15, 0.2) is 0 Å². The lowest BCUT2D eigenvalue weighted by atomic mass is 9.98. The van der Waals surface area contributed by atoms with Crippen molar-refractivity contribution in [3.05, 3.63) is 20.8 Å². The van der Waals surface area contributed by atoms with E-state index < -0.39 is 0 Å². The van der Waals surface area contributed by atoms with Crippen LogP contribution >= 0.6 is 27.3 Å². The average Bonchev–Trinajstić information content (AvgIpc) is 2.92. The normalized spacial score (nSPS) is 31.2. The SMILES string of the molecule is CCN(Cc1cscc1Br)C1CC2CCC(C1)N2. The molecule has 0 aromatic carbocycles. The maximum atomic E-state index is 3.74. The molecule has 2 saturated heterocycles. The number of fused-ring (bicyclic) bond motifs is 2. The van der Waals surface area contributed by atoms with Gasteiger partial charge in [0.05, 0.1) is 0 Å². The van der Waals surface area contributed by atoms with Crippen molar-refractivity contribution in [2.24, 2.45) is 0 Å². The molecule has 4 heteroatoms. The maximum absolute atomic E-state index is 3.74. The van der Waals surface area contributed by atoms with E-state index in [1.807, 2.05) is 0 Å². The minimum Gasteiger partial charge on any atom is -0.311 e. The average molecular weight is 329 g/mol. The van der Waals surface area contributed by atoms with Gasteiger partial charge in [0.2, 0.25) is 0 Å².